The minimum absolute atomic E-state index is 0.0884. The van der Waals surface area contributed by atoms with Gasteiger partial charge in [0.25, 0.3) is 5.56 Å². The van der Waals surface area contributed by atoms with Crippen molar-refractivity contribution in [2.45, 2.75) is 31.7 Å². The highest BCUT2D eigenvalue weighted by molar-refractivity contribution is 6.00. The van der Waals surface area contributed by atoms with E-state index in [2.05, 4.69) is 10.3 Å². The van der Waals surface area contributed by atoms with E-state index in [4.69, 9.17) is 4.74 Å². The lowest BCUT2D eigenvalue weighted by atomic mass is 10.1. The summed E-state index contributed by atoms with van der Waals surface area (Å²) in [6.07, 6.45) is 3.91. The Morgan fingerprint density at radius 2 is 2.10 bits per heavy atom. The molecule has 1 saturated heterocycles. The molecule has 1 saturated carbocycles. The van der Waals surface area contributed by atoms with Crippen molar-refractivity contribution in [2.24, 2.45) is 5.92 Å². The van der Waals surface area contributed by atoms with Gasteiger partial charge in [-0.2, -0.15) is 0 Å². The third-order valence-corrected chi connectivity index (χ3v) is 5.41. The summed E-state index contributed by atoms with van der Waals surface area (Å²) in [4.78, 5) is 43.0. The van der Waals surface area contributed by atoms with Crippen molar-refractivity contribution in [2.75, 3.05) is 25.1 Å². The van der Waals surface area contributed by atoms with E-state index in [-0.39, 0.29) is 23.8 Å². The van der Waals surface area contributed by atoms with Crippen molar-refractivity contribution in [1.29, 1.82) is 0 Å². The summed E-state index contributed by atoms with van der Waals surface area (Å²) in [7, 11) is 1.57. The number of anilines is 1. The molecular weight excluding hydrogens is 372 g/mol. The molecule has 2 aliphatic rings. The smallest absolute Gasteiger partial charge is 0.253 e. The summed E-state index contributed by atoms with van der Waals surface area (Å²) in [5.74, 6) is 0.411. The Bertz CT molecular complexity index is 983. The topological polar surface area (TPSA) is 93.5 Å². The van der Waals surface area contributed by atoms with Gasteiger partial charge in [0.15, 0.2) is 0 Å². The molecule has 0 bridgehead atoms. The van der Waals surface area contributed by atoms with E-state index in [1.165, 1.54) is 4.57 Å². The van der Waals surface area contributed by atoms with Gasteiger partial charge in [0.2, 0.25) is 11.8 Å². The number of rotatable bonds is 7. The van der Waals surface area contributed by atoms with E-state index in [1.54, 1.807) is 30.5 Å². The number of carbonyl (C=O) groups is 2. The van der Waals surface area contributed by atoms with Crippen molar-refractivity contribution in [3.63, 3.8) is 0 Å². The molecule has 8 heteroatoms. The lowest BCUT2D eigenvalue weighted by Gasteiger charge is -2.17. The summed E-state index contributed by atoms with van der Waals surface area (Å²) >= 11 is 0. The van der Waals surface area contributed by atoms with Crippen LogP contribution in [0.5, 0.6) is 5.75 Å². The summed E-state index contributed by atoms with van der Waals surface area (Å²) in [5.41, 5.74) is 1.48. The fourth-order valence-electron chi connectivity index (χ4n) is 3.57. The zero-order chi connectivity index (χ0) is 20.4. The Balaban J connectivity index is 1.31. The first-order valence-corrected chi connectivity index (χ1v) is 9.83. The van der Waals surface area contributed by atoms with Gasteiger partial charge in [0.05, 0.1) is 25.0 Å². The maximum Gasteiger partial charge on any atom is 0.253 e. The summed E-state index contributed by atoms with van der Waals surface area (Å²) in [6.45, 7) is 0.991. The highest BCUT2D eigenvalue weighted by atomic mass is 16.5. The standard InChI is InChI=1S/C21H24N4O4/c1-29-17-4-2-3-16(10-17)25-12-15(9-20(25)27)21(28)22-7-8-24-13-23-18(11-19(24)26)14-5-6-14/h2-4,10-11,13-15H,5-9,12H2,1H3,(H,22,28)/t15-/m0/s1. The first-order chi connectivity index (χ1) is 14.0. The number of methoxy groups -OCH3 is 1. The molecule has 29 heavy (non-hydrogen) atoms. The first-order valence-electron chi connectivity index (χ1n) is 9.83. The van der Waals surface area contributed by atoms with Crippen molar-refractivity contribution < 1.29 is 14.3 Å². The van der Waals surface area contributed by atoms with Crippen LogP contribution >= 0.6 is 0 Å². The number of amides is 2. The molecule has 1 aromatic heterocycles. The van der Waals surface area contributed by atoms with E-state index >= 15 is 0 Å². The molecule has 0 spiro atoms. The second kappa shape index (κ2) is 8.06. The molecule has 152 valence electrons. The molecule has 1 aliphatic carbocycles. The zero-order valence-electron chi connectivity index (χ0n) is 16.3. The van der Waals surface area contributed by atoms with E-state index in [0.717, 1.165) is 24.2 Å². The van der Waals surface area contributed by atoms with Crippen LogP contribution in [0.3, 0.4) is 0 Å². The highest BCUT2D eigenvalue weighted by Gasteiger charge is 2.35. The average Bonchev–Trinajstić information content (AvgIpc) is 3.50. The minimum Gasteiger partial charge on any atom is -0.497 e. The van der Waals surface area contributed by atoms with Crippen LogP contribution in [0.4, 0.5) is 5.69 Å². The minimum atomic E-state index is -0.416. The van der Waals surface area contributed by atoms with Crippen LogP contribution < -0.4 is 20.5 Å². The molecule has 1 N–H and O–H groups in total. The van der Waals surface area contributed by atoms with Crippen LogP contribution in [0, 0.1) is 5.92 Å². The Hall–Kier alpha value is -3.16. The fraction of sp³-hybridized carbons (Fsp3) is 0.429. The second-order valence-corrected chi connectivity index (χ2v) is 7.52. The van der Waals surface area contributed by atoms with Gasteiger partial charge in [-0.25, -0.2) is 4.98 Å². The number of aromatic nitrogens is 2. The molecule has 2 amide bonds. The Labute approximate surface area is 168 Å². The van der Waals surface area contributed by atoms with E-state index in [9.17, 15) is 14.4 Å². The van der Waals surface area contributed by atoms with Crippen LogP contribution in [0.2, 0.25) is 0 Å². The van der Waals surface area contributed by atoms with Crippen molar-refractivity contribution in [3.05, 3.63) is 52.7 Å². The van der Waals surface area contributed by atoms with E-state index in [1.807, 2.05) is 18.2 Å². The molecule has 1 aromatic carbocycles. The average molecular weight is 396 g/mol. The third-order valence-electron chi connectivity index (χ3n) is 5.41. The highest BCUT2D eigenvalue weighted by Crippen LogP contribution is 2.38. The summed E-state index contributed by atoms with van der Waals surface area (Å²) in [5, 5.41) is 2.84. The van der Waals surface area contributed by atoms with Gasteiger partial charge in [-0.15, -0.1) is 0 Å². The molecule has 1 atom stereocenters. The van der Waals surface area contributed by atoms with E-state index in [0.29, 0.717) is 31.3 Å². The zero-order valence-corrected chi connectivity index (χ0v) is 16.3. The molecule has 8 nitrogen and oxygen atoms in total. The van der Waals surface area contributed by atoms with Crippen molar-refractivity contribution in [1.82, 2.24) is 14.9 Å². The molecule has 2 heterocycles. The number of carbonyl (C=O) groups excluding carboxylic acids is 2. The maximum atomic E-state index is 12.5. The largest absolute Gasteiger partial charge is 0.497 e. The first kappa shape index (κ1) is 19.2. The molecule has 4 rings (SSSR count). The Morgan fingerprint density at radius 1 is 1.28 bits per heavy atom. The van der Waals surface area contributed by atoms with Gasteiger partial charge in [-0.05, 0) is 25.0 Å². The van der Waals surface area contributed by atoms with Gasteiger partial charge >= 0.3 is 0 Å². The van der Waals surface area contributed by atoms with Crippen molar-refractivity contribution >= 4 is 17.5 Å². The second-order valence-electron chi connectivity index (χ2n) is 7.52. The van der Waals surface area contributed by atoms with Crippen LogP contribution in [0.25, 0.3) is 0 Å². The normalized spacial score (nSPS) is 18.7. The molecule has 0 radical (unpaired) electrons. The fourth-order valence-corrected chi connectivity index (χ4v) is 3.57. The Kier molecular flexibility index (Phi) is 5.33. The quantitative estimate of drug-likeness (QED) is 0.761. The molecule has 2 fully saturated rings. The summed E-state index contributed by atoms with van der Waals surface area (Å²) in [6, 6.07) is 8.81. The SMILES string of the molecule is COc1cccc(N2C[C@@H](C(=O)NCCn3cnc(C4CC4)cc3=O)CC2=O)c1. The monoisotopic (exact) mass is 396 g/mol. The third kappa shape index (κ3) is 4.31. The summed E-state index contributed by atoms with van der Waals surface area (Å²) < 4.78 is 6.70. The van der Waals surface area contributed by atoms with Crippen LogP contribution in [-0.4, -0.2) is 41.6 Å². The van der Waals surface area contributed by atoms with Gasteiger partial charge in [0, 0.05) is 49.8 Å². The lowest BCUT2D eigenvalue weighted by molar-refractivity contribution is -0.126. The predicted molar refractivity (Wildman–Crippen MR) is 107 cm³/mol. The number of nitrogens with zero attached hydrogens (tertiary/aromatic N) is 3. The van der Waals surface area contributed by atoms with Gasteiger partial charge in [-0.3, -0.25) is 19.0 Å². The Morgan fingerprint density at radius 3 is 2.83 bits per heavy atom. The van der Waals surface area contributed by atoms with Gasteiger partial charge < -0.3 is 15.0 Å². The molecule has 1 aliphatic heterocycles. The van der Waals surface area contributed by atoms with Crippen LogP contribution in [0.1, 0.15) is 30.9 Å². The van der Waals surface area contributed by atoms with Gasteiger partial charge in [-0.1, -0.05) is 6.07 Å². The van der Waals surface area contributed by atoms with Crippen LogP contribution in [-0.2, 0) is 16.1 Å². The number of ether oxygens (including phenoxy) is 1. The molecular formula is C21H24N4O4. The molecule has 2 aromatic rings. The number of hydrogen-bond acceptors (Lipinski definition) is 5. The number of benzene rings is 1. The lowest BCUT2D eigenvalue weighted by Crippen LogP contribution is -2.36. The predicted octanol–water partition coefficient (Wildman–Crippen LogP) is 1.30. The number of hydrogen-bond donors (Lipinski definition) is 1. The van der Waals surface area contributed by atoms with E-state index < -0.39 is 5.92 Å². The van der Waals surface area contributed by atoms with Gasteiger partial charge in [0.1, 0.15) is 5.75 Å². The van der Waals surface area contributed by atoms with Crippen LogP contribution in [0.15, 0.2) is 41.5 Å². The van der Waals surface area contributed by atoms with Crippen molar-refractivity contribution in [3.8, 4) is 5.75 Å². The number of nitrogens with one attached hydrogen (secondary N) is 1. The maximum absolute atomic E-state index is 12.5. The molecule has 0 unspecified atom stereocenters.